The van der Waals surface area contributed by atoms with Crippen LogP contribution in [0.15, 0.2) is 42.5 Å². The fraction of sp³-hybridized carbons (Fsp3) is 0.133. The summed E-state index contributed by atoms with van der Waals surface area (Å²) < 4.78 is 27.6. The number of hydrogen-bond acceptors (Lipinski definition) is 3. The lowest BCUT2D eigenvalue weighted by Crippen LogP contribution is -2.08. The number of aromatic nitrogens is 1. The van der Waals surface area contributed by atoms with Gasteiger partial charge in [0.15, 0.2) is 5.13 Å². The van der Waals surface area contributed by atoms with Crippen molar-refractivity contribution in [3.8, 4) is 0 Å². The topological polar surface area (TPSA) is 24.9 Å². The molecule has 0 aliphatic heterocycles. The molecular weight excluding hydrogens is 278 g/mol. The summed E-state index contributed by atoms with van der Waals surface area (Å²) in [5.41, 5.74) is 1.32. The summed E-state index contributed by atoms with van der Waals surface area (Å²) in [4.78, 5) is 4.37. The van der Waals surface area contributed by atoms with Crippen LogP contribution in [0.5, 0.6) is 0 Å². The van der Waals surface area contributed by atoms with E-state index in [0.29, 0.717) is 10.7 Å². The van der Waals surface area contributed by atoms with E-state index in [1.165, 1.54) is 29.5 Å². The second-order valence-corrected chi connectivity index (χ2v) is 5.55. The molecule has 1 aromatic heterocycles. The van der Waals surface area contributed by atoms with Crippen LogP contribution in [0.25, 0.3) is 10.2 Å². The number of thiazole rings is 1. The zero-order valence-corrected chi connectivity index (χ0v) is 11.5. The van der Waals surface area contributed by atoms with E-state index < -0.39 is 0 Å². The number of nitrogens with one attached hydrogen (secondary N) is 1. The predicted molar refractivity (Wildman–Crippen MR) is 78.0 cm³/mol. The van der Waals surface area contributed by atoms with Crippen molar-refractivity contribution >= 4 is 26.7 Å². The smallest absolute Gasteiger partial charge is 0.184 e. The predicted octanol–water partition coefficient (Wildman–Crippen LogP) is 4.75. The van der Waals surface area contributed by atoms with Crippen molar-refractivity contribution in [2.75, 3.05) is 5.32 Å². The summed E-state index contributed by atoms with van der Waals surface area (Å²) >= 11 is 1.36. The maximum Gasteiger partial charge on any atom is 0.184 e. The summed E-state index contributed by atoms with van der Waals surface area (Å²) in [6.45, 7) is 1.87. The highest BCUT2D eigenvalue weighted by Gasteiger charge is 2.12. The van der Waals surface area contributed by atoms with Gasteiger partial charge in [0.2, 0.25) is 0 Å². The van der Waals surface area contributed by atoms with Gasteiger partial charge in [0.1, 0.15) is 11.6 Å². The molecule has 3 aromatic rings. The van der Waals surface area contributed by atoms with Crippen molar-refractivity contribution in [2.45, 2.75) is 13.0 Å². The van der Waals surface area contributed by atoms with Gasteiger partial charge in [0.05, 0.1) is 16.3 Å². The zero-order valence-electron chi connectivity index (χ0n) is 10.7. The highest BCUT2D eigenvalue weighted by Crippen LogP contribution is 2.29. The largest absolute Gasteiger partial charge is 0.355 e. The van der Waals surface area contributed by atoms with E-state index in [1.807, 2.05) is 6.92 Å². The van der Waals surface area contributed by atoms with Crippen LogP contribution in [0.4, 0.5) is 13.9 Å². The maximum atomic E-state index is 13.7. The van der Waals surface area contributed by atoms with Crippen LogP contribution in [-0.2, 0) is 0 Å². The van der Waals surface area contributed by atoms with Crippen LogP contribution in [0.2, 0.25) is 0 Å². The number of rotatable bonds is 3. The lowest BCUT2D eigenvalue weighted by Gasteiger charge is -2.13. The Bertz CT molecular complexity index is 754. The Morgan fingerprint density at radius 3 is 2.75 bits per heavy atom. The van der Waals surface area contributed by atoms with Crippen LogP contribution in [0.1, 0.15) is 18.5 Å². The van der Waals surface area contributed by atoms with Gasteiger partial charge in [0, 0.05) is 5.56 Å². The minimum absolute atomic E-state index is 0.207. The van der Waals surface area contributed by atoms with Crippen molar-refractivity contribution in [1.29, 1.82) is 0 Å². The Labute approximate surface area is 119 Å². The molecule has 0 aliphatic carbocycles. The highest BCUT2D eigenvalue weighted by atomic mass is 32.1. The second-order valence-electron chi connectivity index (χ2n) is 4.52. The third-order valence-electron chi connectivity index (χ3n) is 3.06. The highest BCUT2D eigenvalue weighted by molar-refractivity contribution is 7.22. The third-order valence-corrected chi connectivity index (χ3v) is 4.01. The van der Waals surface area contributed by atoms with E-state index in [1.54, 1.807) is 24.3 Å². The summed E-state index contributed by atoms with van der Waals surface area (Å²) in [6.07, 6.45) is 0. The number of benzene rings is 2. The van der Waals surface area contributed by atoms with Crippen LogP contribution in [-0.4, -0.2) is 4.98 Å². The van der Waals surface area contributed by atoms with Gasteiger partial charge in [-0.15, -0.1) is 0 Å². The van der Waals surface area contributed by atoms with E-state index in [4.69, 9.17) is 0 Å². The van der Waals surface area contributed by atoms with Crippen LogP contribution in [0, 0.1) is 11.6 Å². The van der Waals surface area contributed by atoms with Gasteiger partial charge in [-0.2, -0.15) is 0 Å². The minimum atomic E-state index is -0.283. The molecule has 0 bridgehead atoms. The third kappa shape index (κ3) is 2.49. The van der Waals surface area contributed by atoms with Crippen molar-refractivity contribution in [1.82, 2.24) is 4.98 Å². The number of anilines is 1. The van der Waals surface area contributed by atoms with Gasteiger partial charge >= 0.3 is 0 Å². The van der Waals surface area contributed by atoms with E-state index in [2.05, 4.69) is 10.3 Å². The van der Waals surface area contributed by atoms with E-state index in [9.17, 15) is 8.78 Å². The summed E-state index contributed by atoms with van der Waals surface area (Å²) in [7, 11) is 0. The standard InChI is InChI=1S/C15H12F2N2S/c1-9(11-4-2-3-5-12(11)17)18-15-19-13-7-6-10(16)8-14(13)20-15/h2-9H,1H3,(H,18,19). The summed E-state index contributed by atoms with van der Waals surface area (Å²) in [5.74, 6) is -0.533. The molecule has 1 atom stereocenters. The molecule has 20 heavy (non-hydrogen) atoms. The zero-order chi connectivity index (χ0) is 14.1. The molecule has 2 aromatic carbocycles. The molecule has 0 amide bonds. The summed E-state index contributed by atoms with van der Waals surface area (Å²) in [6, 6.07) is 10.9. The first-order valence-corrected chi connectivity index (χ1v) is 7.02. The molecule has 5 heteroatoms. The Morgan fingerprint density at radius 1 is 1.15 bits per heavy atom. The van der Waals surface area contributed by atoms with E-state index in [-0.39, 0.29) is 17.7 Å². The molecule has 1 N–H and O–H groups in total. The number of nitrogens with zero attached hydrogens (tertiary/aromatic N) is 1. The Hall–Kier alpha value is -2.01. The lowest BCUT2D eigenvalue weighted by molar-refractivity contribution is 0.600. The van der Waals surface area contributed by atoms with Gasteiger partial charge < -0.3 is 5.32 Å². The van der Waals surface area contributed by atoms with E-state index >= 15 is 0 Å². The molecule has 0 radical (unpaired) electrons. The van der Waals surface area contributed by atoms with Gasteiger partial charge in [0.25, 0.3) is 0 Å². The van der Waals surface area contributed by atoms with E-state index in [0.717, 1.165) is 10.2 Å². The average Bonchev–Trinajstić information content (AvgIpc) is 2.80. The molecular formula is C15H12F2N2S. The molecule has 102 valence electrons. The average molecular weight is 290 g/mol. The Morgan fingerprint density at radius 2 is 1.95 bits per heavy atom. The first-order valence-electron chi connectivity index (χ1n) is 6.20. The molecule has 0 fully saturated rings. The molecule has 1 unspecified atom stereocenters. The molecule has 3 rings (SSSR count). The first kappa shape index (κ1) is 13.0. The first-order chi connectivity index (χ1) is 9.63. The maximum absolute atomic E-state index is 13.7. The SMILES string of the molecule is CC(Nc1nc2ccc(F)cc2s1)c1ccccc1F. The molecule has 0 aliphatic rings. The van der Waals surface area contributed by atoms with Crippen LogP contribution < -0.4 is 5.32 Å². The van der Waals surface area contributed by atoms with Crippen LogP contribution in [0.3, 0.4) is 0 Å². The minimum Gasteiger partial charge on any atom is -0.355 e. The van der Waals surface area contributed by atoms with Gasteiger partial charge in [-0.3, -0.25) is 0 Å². The normalized spacial score (nSPS) is 12.6. The van der Waals surface area contributed by atoms with Crippen molar-refractivity contribution in [2.24, 2.45) is 0 Å². The molecule has 0 saturated carbocycles. The number of halogens is 2. The molecule has 0 spiro atoms. The Kier molecular flexibility index (Phi) is 3.36. The number of fused-ring (bicyclic) bond motifs is 1. The van der Waals surface area contributed by atoms with Crippen LogP contribution >= 0.6 is 11.3 Å². The van der Waals surface area contributed by atoms with Gasteiger partial charge in [-0.25, -0.2) is 13.8 Å². The quantitative estimate of drug-likeness (QED) is 0.753. The lowest BCUT2D eigenvalue weighted by atomic mass is 10.1. The molecule has 1 heterocycles. The van der Waals surface area contributed by atoms with Crippen molar-refractivity contribution < 1.29 is 8.78 Å². The van der Waals surface area contributed by atoms with Gasteiger partial charge in [-0.05, 0) is 31.2 Å². The van der Waals surface area contributed by atoms with Crippen molar-refractivity contribution in [3.05, 3.63) is 59.7 Å². The van der Waals surface area contributed by atoms with Crippen molar-refractivity contribution in [3.63, 3.8) is 0 Å². The fourth-order valence-corrected chi connectivity index (χ4v) is 3.03. The fourth-order valence-electron chi connectivity index (χ4n) is 2.05. The monoisotopic (exact) mass is 290 g/mol. The summed E-state index contributed by atoms with van der Waals surface area (Å²) in [5, 5.41) is 3.81. The molecule has 0 saturated heterocycles. The molecule has 2 nitrogen and oxygen atoms in total. The number of hydrogen-bond donors (Lipinski definition) is 1. The van der Waals surface area contributed by atoms with Gasteiger partial charge in [-0.1, -0.05) is 29.5 Å². The second kappa shape index (κ2) is 5.17. The Balaban J connectivity index is 1.87.